The number of nitrogens with one attached hydrogen (secondary N) is 1. The van der Waals surface area contributed by atoms with Crippen molar-refractivity contribution in [3.63, 3.8) is 0 Å². The van der Waals surface area contributed by atoms with E-state index in [1.165, 1.54) is 4.68 Å². The lowest BCUT2D eigenvalue weighted by Gasteiger charge is -2.06. The van der Waals surface area contributed by atoms with Gasteiger partial charge in [-0.25, -0.2) is 14.0 Å². The van der Waals surface area contributed by atoms with Crippen LogP contribution in [0, 0.1) is 0 Å². The van der Waals surface area contributed by atoms with Crippen LogP contribution in [0.4, 0.5) is 0 Å². The van der Waals surface area contributed by atoms with Crippen molar-refractivity contribution in [2.24, 2.45) is 0 Å². The maximum absolute atomic E-state index is 13.0. The van der Waals surface area contributed by atoms with E-state index in [2.05, 4.69) is 10.4 Å². The van der Waals surface area contributed by atoms with E-state index < -0.39 is 0 Å². The van der Waals surface area contributed by atoms with Crippen LogP contribution in [0.5, 0.6) is 0 Å². The lowest BCUT2D eigenvalue weighted by Crippen LogP contribution is -2.32. The second-order valence-electron chi connectivity index (χ2n) is 8.01. The van der Waals surface area contributed by atoms with Gasteiger partial charge >= 0.3 is 5.69 Å². The molecule has 1 N–H and O–H groups in total. The first-order chi connectivity index (χ1) is 15.7. The van der Waals surface area contributed by atoms with Crippen LogP contribution in [0.2, 0.25) is 0 Å². The Labute approximate surface area is 186 Å². The van der Waals surface area contributed by atoms with Crippen LogP contribution in [0.25, 0.3) is 16.8 Å². The first-order valence-corrected chi connectivity index (χ1v) is 10.9. The molecule has 1 heterocycles. The molecule has 6 heteroatoms. The van der Waals surface area contributed by atoms with Crippen molar-refractivity contribution in [3.05, 3.63) is 107 Å². The molecule has 1 aliphatic carbocycles. The minimum atomic E-state index is -0.167. The predicted octanol–water partition coefficient (Wildman–Crippen LogP) is 4.01. The molecule has 0 bridgehead atoms. The van der Waals surface area contributed by atoms with Crippen molar-refractivity contribution in [2.75, 3.05) is 6.54 Å². The van der Waals surface area contributed by atoms with Crippen molar-refractivity contribution in [1.82, 2.24) is 19.7 Å². The zero-order valence-corrected chi connectivity index (χ0v) is 17.6. The molecule has 0 unspecified atom stereocenters. The fourth-order valence-corrected chi connectivity index (χ4v) is 3.82. The molecule has 0 radical (unpaired) electrons. The molecule has 5 rings (SSSR count). The van der Waals surface area contributed by atoms with E-state index in [0.29, 0.717) is 24.6 Å². The van der Waals surface area contributed by atoms with Gasteiger partial charge in [0.25, 0.3) is 5.91 Å². The fourth-order valence-electron chi connectivity index (χ4n) is 3.82. The number of carbonyl (C=O) groups is 1. The normalized spacial score (nSPS) is 13.1. The van der Waals surface area contributed by atoms with Crippen molar-refractivity contribution in [1.29, 1.82) is 0 Å². The molecule has 1 fully saturated rings. The highest BCUT2D eigenvalue weighted by Crippen LogP contribution is 2.39. The molecule has 32 heavy (non-hydrogen) atoms. The van der Waals surface area contributed by atoms with E-state index >= 15 is 0 Å². The van der Waals surface area contributed by atoms with E-state index in [1.807, 2.05) is 84.9 Å². The Balaban J connectivity index is 1.26. The van der Waals surface area contributed by atoms with Gasteiger partial charge in [0, 0.05) is 18.0 Å². The van der Waals surface area contributed by atoms with Crippen LogP contribution in [0.15, 0.2) is 89.7 Å². The van der Waals surface area contributed by atoms with E-state index in [9.17, 15) is 9.59 Å². The minimum absolute atomic E-state index is 0.164. The Hall–Kier alpha value is -3.93. The maximum Gasteiger partial charge on any atom is 0.350 e. The Morgan fingerprint density at radius 1 is 0.875 bits per heavy atom. The monoisotopic (exact) mass is 424 g/mol. The van der Waals surface area contributed by atoms with Crippen molar-refractivity contribution in [2.45, 2.75) is 25.3 Å². The molecule has 3 aromatic carbocycles. The lowest BCUT2D eigenvalue weighted by molar-refractivity contribution is 0.0952. The van der Waals surface area contributed by atoms with E-state index in [4.69, 9.17) is 0 Å². The largest absolute Gasteiger partial charge is 0.350 e. The number of amides is 1. The predicted molar refractivity (Wildman–Crippen MR) is 124 cm³/mol. The lowest BCUT2D eigenvalue weighted by atomic mass is 10.0. The summed E-state index contributed by atoms with van der Waals surface area (Å²) in [5.74, 6) is 0.980. The highest BCUT2D eigenvalue weighted by molar-refractivity contribution is 5.94. The highest BCUT2D eigenvalue weighted by Gasteiger charge is 2.31. The van der Waals surface area contributed by atoms with Crippen LogP contribution in [-0.4, -0.2) is 26.8 Å². The maximum atomic E-state index is 13.0. The minimum Gasteiger partial charge on any atom is -0.350 e. The standard InChI is InChI=1S/C26H24N4O2/c31-25(22-15-11-20(12-16-22)19-7-3-1-4-8-19)27-17-18-29-26(32)30(23-9-5-2-6-10-23)24(28-29)21-13-14-21/h1-12,15-16,21H,13-14,17-18H2,(H,27,31). The van der Waals surface area contributed by atoms with Crippen molar-refractivity contribution < 1.29 is 4.79 Å². The van der Waals surface area contributed by atoms with E-state index in [-0.39, 0.29) is 11.6 Å². The second kappa shape index (κ2) is 8.67. The zero-order chi connectivity index (χ0) is 21.9. The molecule has 0 atom stereocenters. The van der Waals surface area contributed by atoms with Gasteiger partial charge in [-0.3, -0.25) is 4.79 Å². The van der Waals surface area contributed by atoms with E-state index in [0.717, 1.165) is 35.5 Å². The fraction of sp³-hybridized carbons (Fsp3) is 0.192. The number of rotatable bonds is 7. The summed E-state index contributed by atoms with van der Waals surface area (Å²) in [7, 11) is 0. The number of nitrogens with zero attached hydrogens (tertiary/aromatic N) is 3. The van der Waals surface area contributed by atoms with Crippen LogP contribution >= 0.6 is 0 Å². The number of hydrogen-bond donors (Lipinski definition) is 1. The molecule has 0 aliphatic heterocycles. The molecule has 1 amide bonds. The van der Waals surface area contributed by atoms with Gasteiger partial charge in [-0.05, 0) is 48.2 Å². The van der Waals surface area contributed by atoms with Crippen molar-refractivity contribution in [3.8, 4) is 16.8 Å². The van der Waals surface area contributed by atoms with Crippen LogP contribution in [0.3, 0.4) is 0 Å². The van der Waals surface area contributed by atoms with Gasteiger partial charge in [-0.2, -0.15) is 5.10 Å². The molecule has 160 valence electrons. The van der Waals surface area contributed by atoms with Gasteiger partial charge in [-0.1, -0.05) is 60.7 Å². The topological polar surface area (TPSA) is 68.9 Å². The van der Waals surface area contributed by atoms with Gasteiger partial charge in [0.05, 0.1) is 12.2 Å². The molecule has 4 aromatic rings. The molecule has 0 spiro atoms. The number of carbonyl (C=O) groups excluding carboxylic acids is 1. The third kappa shape index (κ3) is 4.12. The number of aromatic nitrogens is 3. The highest BCUT2D eigenvalue weighted by atomic mass is 16.2. The molecule has 6 nitrogen and oxygen atoms in total. The van der Waals surface area contributed by atoms with Gasteiger partial charge in [0.2, 0.25) is 0 Å². The third-order valence-corrected chi connectivity index (χ3v) is 5.68. The first-order valence-electron chi connectivity index (χ1n) is 10.9. The van der Waals surface area contributed by atoms with Crippen LogP contribution in [0.1, 0.15) is 34.9 Å². The second-order valence-corrected chi connectivity index (χ2v) is 8.01. The molecule has 1 saturated carbocycles. The van der Waals surface area contributed by atoms with Gasteiger partial charge in [-0.15, -0.1) is 0 Å². The molecule has 1 aromatic heterocycles. The summed E-state index contributed by atoms with van der Waals surface area (Å²) in [6, 6.07) is 27.2. The smallest absolute Gasteiger partial charge is 0.350 e. The Morgan fingerprint density at radius 3 is 2.16 bits per heavy atom. The zero-order valence-electron chi connectivity index (χ0n) is 17.6. The summed E-state index contributed by atoms with van der Waals surface area (Å²) < 4.78 is 3.15. The summed E-state index contributed by atoms with van der Waals surface area (Å²) in [5, 5.41) is 7.48. The Kier molecular flexibility index (Phi) is 5.42. The van der Waals surface area contributed by atoms with Gasteiger partial charge < -0.3 is 5.32 Å². The number of hydrogen-bond acceptors (Lipinski definition) is 3. The summed E-state index contributed by atoms with van der Waals surface area (Å²) in [4.78, 5) is 25.5. The van der Waals surface area contributed by atoms with Crippen molar-refractivity contribution >= 4 is 5.91 Å². The first kappa shape index (κ1) is 20.0. The number of para-hydroxylation sites is 1. The summed E-state index contributed by atoms with van der Waals surface area (Å²) in [6.45, 7) is 0.654. The quantitative estimate of drug-likeness (QED) is 0.487. The average molecular weight is 425 g/mol. The summed E-state index contributed by atoms with van der Waals surface area (Å²) in [6.07, 6.45) is 2.11. The third-order valence-electron chi connectivity index (χ3n) is 5.68. The SMILES string of the molecule is O=C(NCCn1nc(C2CC2)n(-c2ccccc2)c1=O)c1ccc(-c2ccccc2)cc1. The Bertz CT molecular complexity index is 1270. The van der Waals surface area contributed by atoms with Crippen LogP contribution in [-0.2, 0) is 6.54 Å². The van der Waals surface area contributed by atoms with E-state index in [1.54, 1.807) is 4.57 Å². The summed E-state index contributed by atoms with van der Waals surface area (Å²) in [5.41, 5.74) is 3.42. The van der Waals surface area contributed by atoms with Gasteiger partial charge in [0.1, 0.15) is 5.82 Å². The Morgan fingerprint density at radius 2 is 1.50 bits per heavy atom. The molecular weight excluding hydrogens is 400 g/mol. The molecular formula is C26H24N4O2. The number of benzene rings is 3. The average Bonchev–Trinajstić information content (AvgIpc) is 3.64. The van der Waals surface area contributed by atoms with Crippen LogP contribution < -0.4 is 11.0 Å². The summed E-state index contributed by atoms with van der Waals surface area (Å²) >= 11 is 0. The molecule has 1 aliphatic rings. The molecule has 0 saturated heterocycles. The van der Waals surface area contributed by atoms with Gasteiger partial charge in [0.15, 0.2) is 0 Å².